The molecular weight excluding hydrogens is 749 g/mol. The van der Waals surface area contributed by atoms with Crippen molar-refractivity contribution >= 4 is 96.4 Å². The van der Waals surface area contributed by atoms with Crippen LogP contribution in [0.1, 0.15) is 0 Å². The Morgan fingerprint density at radius 2 is 0.983 bits per heavy atom. The first-order valence-electron chi connectivity index (χ1n) is 20.3. The number of thiophene rings is 1. The summed E-state index contributed by atoms with van der Waals surface area (Å²) in [6.07, 6.45) is 0. The molecule has 13 rings (SSSR count). The highest BCUT2D eigenvalue weighted by molar-refractivity contribution is 7.26. The van der Waals surface area contributed by atoms with Crippen LogP contribution < -0.4 is 0 Å². The third-order valence-electron chi connectivity index (χ3n) is 12.1. The van der Waals surface area contributed by atoms with E-state index in [4.69, 9.17) is 15.0 Å². The fraction of sp³-hybridized carbons (Fsp3) is 0. The van der Waals surface area contributed by atoms with Crippen LogP contribution in [0.15, 0.2) is 194 Å². The van der Waals surface area contributed by atoms with Gasteiger partial charge in [0.05, 0.1) is 11.0 Å². The molecule has 0 spiro atoms. The largest absolute Gasteiger partial charge is 0.309 e. The molecule has 3 aromatic heterocycles. The Balaban J connectivity index is 1.09. The molecule has 0 unspecified atom stereocenters. The maximum absolute atomic E-state index is 5.31. The van der Waals surface area contributed by atoms with Crippen molar-refractivity contribution in [2.24, 2.45) is 0 Å². The molecule has 0 atom stereocenters. The molecule has 0 aliphatic heterocycles. The second kappa shape index (κ2) is 12.9. The maximum atomic E-state index is 5.31. The molecule has 0 bridgehead atoms. The molecule has 10 aromatic carbocycles. The van der Waals surface area contributed by atoms with Crippen molar-refractivity contribution in [3.63, 3.8) is 0 Å². The second-order valence-electron chi connectivity index (χ2n) is 15.6. The van der Waals surface area contributed by atoms with Crippen LogP contribution in [0.25, 0.3) is 125 Å². The first-order valence-corrected chi connectivity index (χ1v) is 21.1. The summed E-state index contributed by atoms with van der Waals surface area (Å²) in [4.78, 5) is 15.7. The lowest BCUT2D eigenvalue weighted by atomic mass is 9.99. The number of fused-ring (bicyclic) bond motifs is 12. The first-order chi connectivity index (χ1) is 29.7. The van der Waals surface area contributed by atoms with Gasteiger partial charge in [-0.25, -0.2) is 15.0 Å². The summed E-state index contributed by atoms with van der Waals surface area (Å²) in [5.74, 6) is 1.96. The number of hydrogen-bond donors (Lipinski definition) is 0. The molecule has 0 aliphatic rings. The summed E-state index contributed by atoms with van der Waals surface area (Å²) in [6.45, 7) is 0. The van der Waals surface area contributed by atoms with E-state index < -0.39 is 0 Å². The minimum Gasteiger partial charge on any atom is -0.309 e. The summed E-state index contributed by atoms with van der Waals surface area (Å²) in [6, 6.07) is 69.8. The topological polar surface area (TPSA) is 43.6 Å². The van der Waals surface area contributed by atoms with Gasteiger partial charge in [0, 0.05) is 58.7 Å². The molecule has 3 heterocycles. The third-order valence-corrected chi connectivity index (χ3v) is 13.3. The van der Waals surface area contributed by atoms with Crippen molar-refractivity contribution in [1.82, 2.24) is 19.5 Å². The highest BCUT2D eigenvalue weighted by atomic mass is 32.1. The zero-order valence-corrected chi connectivity index (χ0v) is 33.0. The van der Waals surface area contributed by atoms with Crippen LogP contribution in [-0.2, 0) is 0 Å². The van der Waals surface area contributed by atoms with Crippen molar-refractivity contribution in [2.45, 2.75) is 0 Å². The molecular formula is C55H32N4S. The summed E-state index contributed by atoms with van der Waals surface area (Å²) >= 11 is 1.85. The Labute approximate surface area is 348 Å². The summed E-state index contributed by atoms with van der Waals surface area (Å²) in [5, 5.41) is 14.5. The zero-order valence-electron chi connectivity index (χ0n) is 32.2. The molecule has 278 valence electrons. The summed E-state index contributed by atoms with van der Waals surface area (Å²) in [7, 11) is 0. The van der Waals surface area contributed by atoms with Gasteiger partial charge in [0.25, 0.3) is 0 Å². The summed E-state index contributed by atoms with van der Waals surface area (Å²) in [5.41, 5.74) is 6.47. The lowest BCUT2D eigenvalue weighted by Crippen LogP contribution is -2.00. The molecule has 5 heteroatoms. The van der Waals surface area contributed by atoms with Crippen molar-refractivity contribution < 1.29 is 0 Å². The van der Waals surface area contributed by atoms with Crippen LogP contribution in [-0.4, -0.2) is 19.5 Å². The predicted octanol–water partition coefficient (Wildman–Crippen LogP) is 15.0. The number of nitrogens with zero attached hydrogens (tertiary/aromatic N) is 4. The standard InChI is InChI=1S/C55H32N4S/c1-2-14-35(15-3-1)53-56-54(40-23-22-33-12-4-5-16-36(33)28-40)58-55(57-53)47-30-39-19-9-11-21-43(39)52-50(47)45-27-25-41(32-49(45)60-52)59-48-31-38-18-7-6-17-37(38)29-46(48)44-26-24-34-13-8-10-20-42(34)51(44)59/h1-32H. The quantitative estimate of drug-likeness (QED) is 0.179. The Morgan fingerprint density at radius 3 is 1.80 bits per heavy atom. The SMILES string of the molecule is c1ccc(-c2nc(-c3ccc4ccccc4c3)nc(-c3cc4ccccc4c4sc5cc(-n6c7cc8ccccc8cc7c7ccc8ccccc8c76)ccc5c34)n2)cc1. The molecule has 0 N–H and O–H groups in total. The van der Waals surface area contributed by atoms with Crippen molar-refractivity contribution in [2.75, 3.05) is 0 Å². The van der Waals surface area contributed by atoms with Crippen LogP contribution in [0.5, 0.6) is 0 Å². The van der Waals surface area contributed by atoms with Gasteiger partial charge in [-0.2, -0.15) is 0 Å². The van der Waals surface area contributed by atoms with E-state index in [0.717, 1.165) is 38.5 Å². The predicted molar refractivity (Wildman–Crippen MR) is 253 cm³/mol. The smallest absolute Gasteiger partial charge is 0.164 e. The Morgan fingerprint density at radius 1 is 0.367 bits per heavy atom. The van der Waals surface area contributed by atoms with Gasteiger partial charge in [0.15, 0.2) is 17.5 Å². The molecule has 0 fully saturated rings. The van der Waals surface area contributed by atoms with E-state index in [1.807, 2.05) is 29.5 Å². The number of rotatable bonds is 4. The van der Waals surface area contributed by atoms with Crippen LogP contribution in [0.3, 0.4) is 0 Å². The van der Waals surface area contributed by atoms with E-state index >= 15 is 0 Å². The normalized spacial score (nSPS) is 12.0. The van der Waals surface area contributed by atoms with E-state index in [9.17, 15) is 0 Å². The zero-order chi connectivity index (χ0) is 39.3. The number of aromatic nitrogens is 4. The number of benzene rings is 10. The van der Waals surface area contributed by atoms with Gasteiger partial charge >= 0.3 is 0 Å². The first kappa shape index (κ1) is 33.3. The van der Waals surface area contributed by atoms with Crippen LogP contribution in [0.4, 0.5) is 0 Å². The molecule has 0 aliphatic carbocycles. The Kier molecular flexibility index (Phi) is 7.14. The Bertz CT molecular complexity index is 3900. The minimum absolute atomic E-state index is 0.651. The average Bonchev–Trinajstić information content (AvgIpc) is 3.86. The van der Waals surface area contributed by atoms with Crippen molar-refractivity contribution in [3.8, 4) is 39.9 Å². The van der Waals surface area contributed by atoms with Gasteiger partial charge in [0.2, 0.25) is 0 Å². The molecule has 4 nitrogen and oxygen atoms in total. The maximum Gasteiger partial charge on any atom is 0.164 e. The fourth-order valence-electron chi connectivity index (χ4n) is 9.32. The lowest BCUT2D eigenvalue weighted by Gasteiger charge is -2.12. The van der Waals surface area contributed by atoms with Crippen LogP contribution >= 0.6 is 11.3 Å². The molecule has 0 radical (unpaired) electrons. The molecule has 0 amide bonds. The minimum atomic E-state index is 0.651. The van der Waals surface area contributed by atoms with E-state index in [2.05, 4.69) is 180 Å². The van der Waals surface area contributed by atoms with Crippen LogP contribution in [0.2, 0.25) is 0 Å². The highest BCUT2D eigenvalue weighted by Crippen LogP contribution is 2.46. The van der Waals surface area contributed by atoms with Gasteiger partial charge in [-0.3, -0.25) is 0 Å². The van der Waals surface area contributed by atoms with Gasteiger partial charge < -0.3 is 4.57 Å². The van der Waals surface area contributed by atoms with Crippen LogP contribution in [0, 0.1) is 0 Å². The van der Waals surface area contributed by atoms with E-state index in [0.29, 0.717) is 17.5 Å². The molecule has 13 aromatic rings. The second-order valence-corrected chi connectivity index (χ2v) is 16.7. The van der Waals surface area contributed by atoms with E-state index in [-0.39, 0.29) is 0 Å². The van der Waals surface area contributed by atoms with E-state index in [1.54, 1.807) is 0 Å². The third kappa shape index (κ3) is 5.06. The number of hydrogen-bond acceptors (Lipinski definition) is 4. The summed E-state index contributed by atoms with van der Waals surface area (Å²) < 4.78 is 4.92. The van der Waals surface area contributed by atoms with Gasteiger partial charge in [-0.1, -0.05) is 158 Å². The van der Waals surface area contributed by atoms with Gasteiger partial charge in [-0.05, 0) is 74.1 Å². The monoisotopic (exact) mass is 780 g/mol. The van der Waals surface area contributed by atoms with Crippen molar-refractivity contribution in [3.05, 3.63) is 194 Å². The molecule has 0 saturated carbocycles. The van der Waals surface area contributed by atoms with Gasteiger partial charge in [-0.15, -0.1) is 11.3 Å². The highest BCUT2D eigenvalue weighted by Gasteiger charge is 2.21. The van der Waals surface area contributed by atoms with Crippen molar-refractivity contribution in [1.29, 1.82) is 0 Å². The fourth-order valence-corrected chi connectivity index (χ4v) is 10.6. The van der Waals surface area contributed by atoms with E-state index in [1.165, 1.54) is 68.9 Å². The Hall–Kier alpha value is -7.73. The molecule has 60 heavy (non-hydrogen) atoms. The lowest BCUT2D eigenvalue weighted by molar-refractivity contribution is 1.08. The molecule has 0 saturated heterocycles. The van der Waals surface area contributed by atoms with Gasteiger partial charge in [0.1, 0.15) is 0 Å². The average molecular weight is 781 g/mol.